The summed E-state index contributed by atoms with van der Waals surface area (Å²) >= 11 is 0. The minimum absolute atomic E-state index is 0. The van der Waals surface area contributed by atoms with Crippen molar-refractivity contribution in [3.8, 4) is 0 Å². The molecule has 0 radical (unpaired) electrons. The Labute approximate surface area is 289 Å². The van der Waals surface area contributed by atoms with Crippen LogP contribution in [-0.2, 0) is 58.8 Å². The molecule has 1 aromatic carbocycles. The van der Waals surface area contributed by atoms with E-state index in [1.165, 1.54) is 0 Å². The number of nitrogens with zero attached hydrogens (tertiary/aromatic N) is 2. The SMILES string of the molecule is C/C(N)=N/N=C(\N)c1ccc(CNC(=O)CCOCCOCCOCCOCCOCCOCCOCCOCCOCCN[C-]=O)cc1.[Fm]. The van der Waals surface area contributed by atoms with Gasteiger partial charge in [0.05, 0.1) is 119 Å². The third-order valence-corrected chi connectivity index (χ3v) is 5.95. The van der Waals surface area contributed by atoms with Crippen LogP contribution in [0.4, 0.5) is 0 Å². The van der Waals surface area contributed by atoms with E-state index in [2.05, 4.69) is 20.8 Å². The van der Waals surface area contributed by atoms with Crippen molar-refractivity contribution < 1.29 is 52.2 Å². The number of carbonyl (C=O) groups excluding carboxylic acids is 2. The average Bonchev–Trinajstić information content (AvgIpc) is 3.10. The zero-order chi connectivity index (χ0) is 35.5. The minimum Gasteiger partial charge on any atom is -0.528 e. The second kappa shape index (κ2) is 34.6. The molecule has 0 bridgehead atoms. The van der Waals surface area contributed by atoms with Crippen LogP contribution in [0.2, 0.25) is 0 Å². The molecule has 17 nitrogen and oxygen atoms in total. The van der Waals surface area contributed by atoms with Crippen molar-refractivity contribution in [3.63, 3.8) is 0 Å². The summed E-state index contributed by atoms with van der Waals surface area (Å²) in [6, 6.07) is 7.33. The number of nitrogens with one attached hydrogen (secondary N) is 2. The molecule has 292 valence electrons. The van der Waals surface area contributed by atoms with E-state index >= 15 is 0 Å². The van der Waals surface area contributed by atoms with E-state index in [1.54, 1.807) is 25.5 Å². The number of hydrogen-bond donors (Lipinski definition) is 4. The molecule has 0 aromatic heterocycles. The van der Waals surface area contributed by atoms with Crippen LogP contribution in [0.5, 0.6) is 0 Å². The van der Waals surface area contributed by atoms with Crippen molar-refractivity contribution in [3.05, 3.63) is 35.4 Å². The second-order valence-electron chi connectivity index (χ2n) is 9.99. The van der Waals surface area contributed by atoms with Crippen LogP contribution in [0.3, 0.4) is 0 Å². The topological polar surface area (TPSA) is 218 Å². The average molecular weight is 957 g/mol. The molecule has 18 heteroatoms. The Bertz CT molecular complexity index is 1010. The molecule has 0 aliphatic carbocycles. The van der Waals surface area contributed by atoms with Gasteiger partial charge in [0.25, 0.3) is 0 Å². The number of benzene rings is 1. The van der Waals surface area contributed by atoms with E-state index in [9.17, 15) is 9.59 Å². The van der Waals surface area contributed by atoms with E-state index in [4.69, 9.17) is 54.1 Å². The van der Waals surface area contributed by atoms with E-state index in [-0.39, 0.29) is 18.2 Å². The first-order valence-corrected chi connectivity index (χ1v) is 16.3. The number of hydrogen-bond acceptors (Lipinski definition) is 13. The fourth-order valence-corrected chi connectivity index (χ4v) is 3.47. The molecule has 2 amide bonds. The number of rotatable bonds is 35. The Hall–Kier alpha value is -4.26. The largest absolute Gasteiger partial charge is 0.528 e. The summed E-state index contributed by atoms with van der Waals surface area (Å²) in [5.74, 6) is 0.476. The van der Waals surface area contributed by atoms with Gasteiger partial charge in [-0.25, -0.2) is 0 Å². The van der Waals surface area contributed by atoms with Crippen LogP contribution >= 0.6 is 0 Å². The smallest absolute Gasteiger partial charge is 0.222 e. The fraction of sp³-hybridized carbons (Fsp3) is 0.688. The Morgan fingerprint density at radius 3 is 1.38 bits per heavy atom. The van der Waals surface area contributed by atoms with Gasteiger partial charge >= 0.3 is 0 Å². The standard InChI is InChI=1S/C32H55N6O11.Fm/c1-28(33)37-38-32(34)30-4-2-29(3-5-30)26-36-31(40)6-8-41-10-12-43-14-16-45-18-20-47-22-24-49-25-23-48-21-19-46-17-15-44-13-11-42-9-7-35-27-39;/h2-5H,6-26H2,1H3,(H2,33,37)(H2,34,38)(H,35,39)(H,36,40);/q-1;. The molecule has 1 aromatic rings. The fourth-order valence-electron chi connectivity index (χ4n) is 3.47. The second-order valence-corrected chi connectivity index (χ2v) is 9.99. The molecule has 0 saturated heterocycles. The van der Waals surface area contributed by atoms with E-state index < -0.39 is 0 Å². The summed E-state index contributed by atoms with van der Waals surface area (Å²) < 4.78 is 48.8. The van der Waals surface area contributed by atoms with Gasteiger partial charge in [0.2, 0.25) is 5.91 Å². The number of carbonyl (C=O) groups is 1. The molecular formula is C32H55FmN6O11-. The maximum Gasteiger partial charge on any atom is 0.222 e. The van der Waals surface area contributed by atoms with E-state index in [0.29, 0.717) is 143 Å². The van der Waals surface area contributed by atoms with Gasteiger partial charge in [0.1, 0.15) is 5.84 Å². The Balaban J connectivity index is 0.0000240. The van der Waals surface area contributed by atoms with Gasteiger partial charge in [0, 0.05) is 25.1 Å². The summed E-state index contributed by atoms with van der Waals surface area (Å²) in [6.07, 6.45) is 1.83. The van der Waals surface area contributed by atoms with Crippen molar-refractivity contribution in [1.82, 2.24) is 10.6 Å². The van der Waals surface area contributed by atoms with Crippen LogP contribution in [0.15, 0.2) is 34.5 Å². The number of ether oxygens (including phenoxy) is 9. The summed E-state index contributed by atoms with van der Waals surface area (Å²) in [5.41, 5.74) is 13.0. The Kier molecular flexibility index (Phi) is 31.6. The molecule has 0 aliphatic rings. The molecule has 0 spiro atoms. The zero-order valence-corrected chi connectivity index (χ0v) is 31.4. The molecule has 6 N–H and O–H groups in total. The third kappa shape index (κ3) is 29.8. The third-order valence-electron chi connectivity index (χ3n) is 5.95. The molecule has 0 saturated carbocycles. The van der Waals surface area contributed by atoms with Gasteiger partial charge < -0.3 is 69.5 Å². The van der Waals surface area contributed by atoms with Crippen molar-refractivity contribution in [1.29, 1.82) is 0 Å². The van der Waals surface area contributed by atoms with Crippen LogP contribution in [-0.4, -0.2) is 149 Å². The maximum atomic E-state index is 12.1. The van der Waals surface area contributed by atoms with Gasteiger partial charge in [-0.3, -0.25) is 4.79 Å². The Morgan fingerprint density at radius 1 is 0.620 bits per heavy atom. The van der Waals surface area contributed by atoms with Crippen molar-refractivity contribution in [2.45, 2.75) is 19.9 Å². The summed E-state index contributed by atoms with van der Waals surface area (Å²) in [6.45, 7) is 10.6. The minimum atomic E-state index is -0.104. The summed E-state index contributed by atoms with van der Waals surface area (Å²) in [5, 5.41) is 12.8. The van der Waals surface area contributed by atoms with Crippen LogP contribution in [0, 0.1) is 0 Å². The zero-order valence-electron chi connectivity index (χ0n) is 29.0. The molecule has 0 fully saturated rings. The van der Waals surface area contributed by atoms with Crippen LogP contribution in [0.25, 0.3) is 0 Å². The number of amides is 2. The molecule has 0 unspecified atom stereocenters. The summed E-state index contributed by atoms with van der Waals surface area (Å²) in [4.78, 5) is 22.0. The molecule has 50 heavy (non-hydrogen) atoms. The first-order chi connectivity index (χ1) is 24.0. The van der Waals surface area contributed by atoms with E-state index in [0.717, 1.165) is 5.56 Å². The van der Waals surface area contributed by atoms with Crippen molar-refractivity contribution in [2.75, 3.05) is 125 Å². The predicted octanol–water partition coefficient (Wildman–Crippen LogP) is -0.503. The van der Waals surface area contributed by atoms with Gasteiger partial charge in [-0.2, -0.15) is 6.41 Å². The first-order valence-electron chi connectivity index (χ1n) is 16.3. The number of amidine groups is 2. The monoisotopic (exact) mass is 956 g/mol. The van der Waals surface area contributed by atoms with Gasteiger partial charge in [-0.05, 0) is 12.5 Å². The van der Waals surface area contributed by atoms with Crippen molar-refractivity contribution >= 4 is 24.0 Å². The van der Waals surface area contributed by atoms with Crippen LogP contribution < -0.4 is 22.1 Å². The summed E-state index contributed by atoms with van der Waals surface area (Å²) in [7, 11) is 0. The molecule has 0 atom stereocenters. The van der Waals surface area contributed by atoms with Crippen LogP contribution in [0.1, 0.15) is 24.5 Å². The van der Waals surface area contributed by atoms with E-state index in [1.807, 2.05) is 12.1 Å². The molecule has 0 heterocycles. The quantitative estimate of drug-likeness (QED) is 0.0169. The molecular weight excluding hydrogens is 901 g/mol. The van der Waals surface area contributed by atoms with Gasteiger partial charge in [-0.15, -0.1) is 10.2 Å². The first kappa shape index (κ1) is 45.7. The molecule has 1 rings (SSSR count). The van der Waals surface area contributed by atoms with Gasteiger partial charge in [-0.1, -0.05) is 24.3 Å². The Morgan fingerprint density at radius 2 is 1.00 bits per heavy atom. The normalized spacial score (nSPS) is 11.7. The number of nitrogens with two attached hydrogens (primary N) is 2. The van der Waals surface area contributed by atoms with Gasteiger partial charge in [0.15, 0.2) is 5.84 Å². The maximum absolute atomic E-state index is 12.1. The van der Waals surface area contributed by atoms with Crippen molar-refractivity contribution in [2.24, 2.45) is 21.7 Å². The predicted molar refractivity (Wildman–Crippen MR) is 182 cm³/mol. The molecule has 0 aliphatic heterocycles.